The highest BCUT2D eigenvalue weighted by Gasteiger charge is 2.20. The van der Waals surface area contributed by atoms with Crippen LogP contribution >= 0.6 is 0 Å². The third-order valence-corrected chi connectivity index (χ3v) is 4.26. The molecule has 134 valence electrons. The first-order chi connectivity index (χ1) is 12.4. The molecule has 0 spiro atoms. The van der Waals surface area contributed by atoms with Crippen LogP contribution in [0.4, 0.5) is 5.69 Å². The van der Waals surface area contributed by atoms with Gasteiger partial charge in [-0.1, -0.05) is 18.2 Å². The highest BCUT2D eigenvalue weighted by atomic mass is 16.6. The lowest BCUT2D eigenvalue weighted by Gasteiger charge is -2.12. The minimum absolute atomic E-state index is 0.0173. The lowest BCUT2D eigenvalue weighted by Crippen LogP contribution is -2.24. The fourth-order valence-electron chi connectivity index (χ4n) is 2.97. The van der Waals surface area contributed by atoms with Gasteiger partial charge in [0.05, 0.1) is 11.1 Å². The van der Waals surface area contributed by atoms with Crippen LogP contribution in [0.3, 0.4) is 0 Å². The zero-order valence-electron chi connectivity index (χ0n) is 14.8. The third kappa shape index (κ3) is 3.08. The molecule has 2 aromatic heterocycles. The van der Waals surface area contributed by atoms with Gasteiger partial charge in [0.1, 0.15) is 11.4 Å². The molecule has 0 fully saturated rings. The summed E-state index contributed by atoms with van der Waals surface area (Å²) >= 11 is 0. The molecule has 0 aliphatic heterocycles. The van der Waals surface area contributed by atoms with E-state index in [9.17, 15) is 14.9 Å². The zero-order chi connectivity index (χ0) is 18.8. The molecule has 1 amide bonds. The summed E-state index contributed by atoms with van der Waals surface area (Å²) in [5.74, 6) is 0.323. The number of nitro benzene ring substituents is 1. The van der Waals surface area contributed by atoms with E-state index in [1.807, 2.05) is 30.5 Å². The second-order valence-corrected chi connectivity index (χ2v) is 6.03. The van der Waals surface area contributed by atoms with E-state index in [1.54, 1.807) is 29.9 Å². The quantitative estimate of drug-likeness (QED) is 0.563. The fourth-order valence-corrected chi connectivity index (χ4v) is 2.97. The molecule has 0 atom stereocenters. The lowest BCUT2D eigenvalue weighted by atomic mass is 10.1. The summed E-state index contributed by atoms with van der Waals surface area (Å²) in [6.07, 6.45) is 1.50. The molecule has 0 unspecified atom stereocenters. The number of hydrogen-bond donors (Lipinski definition) is 1. The molecule has 8 nitrogen and oxygen atoms in total. The Labute approximate surface area is 150 Å². The van der Waals surface area contributed by atoms with Gasteiger partial charge in [0.2, 0.25) is 0 Å². The van der Waals surface area contributed by atoms with Crippen molar-refractivity contribution >= 4 is 11.6 Å². The highest BCUT2D eigenvalue weighted by Crippen LogP contribution is 2.21. The number of nitro groups is 1. The summed E-state index contributed by atoms with van der Waals surface area (Å²) in [7, 11) is 1.77. The number of hydrogen-bond acceptors (Lipinski definition) is 4. The number of nitrogens with one attached hydrogen (secondary N) is 1. The van der Waals surface area contributed by atoms with Gasteiger partial charge in [0.25, 0.3) is 11.6 Å². The number of rotatable bonds is 5. The molecule has 8 heteroatoms. The number of carbonyl (C=O) groups excluding carboxylic acids is 1. The van der Waals surface area contributed by atoms with Crippen LogP contribution in [-0.2, 0) is 13.6 Å². The van der Waals surface area contributed by atoms with Crippen LogP contribution in [0.1, 0.15) is 27.3 Å². The molecule has 26 heavy (non-hydrogen) atoms. The summed E-state index contributed by atoms with van der Waals surface area (Å²) in [6, 6.07) is 10.3. The van der Waals surface area contributed by atoms with Gasteiger partial charge < -0.3 is 9.88 Å². The Bertz CT molecular complexity index is 967. The van der Waals surface area contributed by atoms with Crippen LogP contribution in [0.25, 0.3) is 5.82 Å². The van der Waals surface area contributed by atoms with E-state index in [-0.39, 0.29) is 18.1 Å². The molecule has 2 heterocycles. The average Bonchev–Trinajstić information content (AvgIpc) is 3.14. The summed E-state index contributed by atoms with van der Waals surface area (Å²) in [5.41, 5.74) is 2.81. The fraction of sp³-hybridized carbons (Fsp3) is 0.222. The van der Waals surface area contributed by atoms with Crippen molar-refractivity contribution in [2.45, 2.75) is 20.4 Å². The van der Waals surface area contributed by atoms with Gasteiger partial charge >= 0.3 is 0 Å². The van der Waals surface area contributed by atoms with Crippen molar-refractivity contribution in [2.24, 2.45) is 7.05 Å². The van der Waals surface area contributed by atoms with Crippen LogP contribution in [-0.4, -0.2) is 25.2 Å². The normalized spacial score (nSPS) is 10.7. The van der Waals surface area contributed by atoms with Crippen molar-refractivity contribution in [1.82, 2.24) is 19.7 Å². The van der Waals surface area contributed by atoms with E-state index in [4.69, 9.17) is 0 Å². The molecule has 1 N–H and O–H groups in total. The third-order valence-electron chi connectivity index (χ3n) is 4.26. The minimum atomic E-state index is -0.455. The first-order valence-electron chi connectivity index (χ1n) is 8.08. The molecule has 1 aromatic carbocycles. The van der Waals surface area contributed by atoms with Crippen molar-refractivity contribution in [3.8, 4) is 5.82 Å². The van der Waals surface area contributed by atoms with Crippen molar-refractivity contribution < 1.29 is 9.72 Å². The largest absolute Gasteiger partial charge is 0.348 e. The Morgan fingerprint density at radius 3 is 2.50 bits per heavy atom. The molecule has 3 rings (SSSR count). The van der Waals surface area contributed by atoms with Gasteiger partial charge in [0, 0.05) is 36.6 Å². The zero-order valence-corrected chi connectivity index (χ0v) is 14.8. The van der Waals surface area contributed by atoms with E-state index >= 15 is 0 Å². The van der Waals surface area contributed by atoms with E-state index in [0.29, 0.717) is 16.9 Å². The molecule has 0 saturated heterocycles. The van der Waals surface area contributed by atoms with E-state index in [2.05, 4.69) is 10.4 Å². The van der Waals surface area contributed by atoms with Crippen LogP contribution in [0, 0.1) is 24.0 Å². The summed E-state index contributed by atoms with van der Waals surface area (Å²) in [4.78, 5) is 23.3. The first-order valence-corrected chi connectivity index (χ1v) is 8.08. The predicted octanol–water partition coefficient (Wildman–Crippen LogP) is 2.67. The van der Waals surface area contributed by atoms with Gasteiger partial charge in [-0.2, -0.15) is 5.10 Å². The smallest absolute Gasteiger partial charge is 0.274 e. The summed E-state index contributed by atoms with van der Waals surface area (Å²) in [6.45, 7) is 3.97. The average molecular weight is 353 g/mol. The molecule has 0 radical (unpaired) electrons. The first kappa shape index (κ1) is 17.4. The van der Waals surface area contributed by atoms with Crippen LogP contribution < -0.4 is 5.32 Å². The second kappa shape index (κ2) is 6.83. The number of amides is 1. The highest BCUT2D eigenvalue weighted by molar-refractivity contribution is 5.97. The van der Waals surface area contributed by atoms with Gasteiger partial charge in [-0.15, -0.1) is 0 Å². The maximum atomic E-state index is 12.7. The van der Waals surface area contributed by atoms with Gasteiger partial charge in [-0.25, -0.2) is 0 Å². The number of para-hydroxylation sites is 1. The van der Waals surface area contributed by atoms with Crippen LogP contribution in [0.5, 0.6) is 0 Å². The maximum absolute atomic E-state index is 12.7. The van der Waals surface area contributed by atoms with Crippen molar-refractivity contribution in [2.75, 3.05) is 0 Å². The van der Waals surface area contributed by atoms with Crippen molar-refractivity contribution in [3.63, 3.8) is 0 Å². The Morgan fingerprint density at radius 1 is 1.19 bits per heavy atom. The van der Waals surface area contributed by atoms with Gasteiger partial charge in [-0.05, 0) is 26.0 Å². The number of nitrogens with zero attached hydrogens (tertiary/aromatic N) is 4. The van der Waals surface area contributed by atoms with E-state index in [1.165, 1.54) is 12.3 Å². The van der Waals surface area contributed by atoms with E-state index in [0.717, 1.165) is 11.4 Å². The minimum Gasteiger partial charge on any atom is -0.348 e. The number of aromatic nitrogens is 3. The molecule has 3 aromatic rings. The van der Waals surface area contributed by atoms with Gasteiger partial charge in [-0.3, -0.25) is 19.6 Å². The standard InChI is InChI=1S/C18H19N5O3/c1-12-8-9-13(2)22(12)18-15(11-20-21(18)3)17(24)19-10-14-6-4-5-7-16(14)23(25)26/h4-9,11H,10H2,1-3H3,(H,19,24). The SMILES string of the molecule is Cc1ccc(C)n1-c1c(C(=O)NCc2ccccc2[N+](=O)[O-])cnn1C. The summed E-state index contributed by atoms with van der Waals surface area (Å²) < 4.78 is 3.59. The Balaban J connectivity index is 1.88. The molecule has 0 saturated carbocycles. The van der Waals surface area contributed by atoms with E-state index < -0.39 is 4.92 Å². The maximum Gasteiger partial charge on any atom is 0.274 e. The van der Waals surface area contributed by atoms with Crippen molar-refractivity contribution in [3.05, 3.63) is 75.2 Å². The monoisotopic (exact) mass is 353 g/mol. The number of carbonyl (C=O) groups is 1. The summed E-state index contributed by atoms with van der Waals surface area (Å²) in [5, 5.41) is 18.1. The molecule has 0 aliphatic rings. The lowest BCUT2D eigenvalue weighted by molar-refractivity contribution is -0.385. The number of benzene rings is 1. The van der Waals surface area contributed by atoms with Gasteiger partial charge in [0.15, 0.2) is 0 Å². The Kier molecular flexibility index (Phi) is 4.57. The molecular formula is C18H19N5O3. The number of aryl methyl sites for hydroxylation is 3. The molecule has 0 bridgehead atoms. The van der Waals surface area contributed by atoms with Crippen LogP contribution in [0.2, 0.25) is 0 Å². The Hall–Kier alpha value is -3.42. The van der Waals surface area contributed by atoms with Crippen molar-refractivity contribution in [1.29, 1.82) is 0 Å². The topological polar surface area (TPSA) is 95.0 Å². The molecular weight excluding hydrogens is 334 g/mol. The predicted molar refractivity (Wildman–Crippen MR) is 96.3 cm³/mol. The second-order valence-electron chi connectivity index (χ2n) is 6.03. The van der Waals surface area contributed by atoms with Crippen LogP contribution in [0.15, 0.2) is 42.6 Å². The Morgan fingerprint density at radius 2 is 1.85 bits per heavy atom. The molecule has 0 aliphatic carbocycles.